The molecule has 0 bridgehead atoms. The van der Waals surface area contributed by atoms with E-state index in [4.69, 9.17) is 4.74 Å². The zero-order chi connectivity index (χ0) is 13.0. The van der Waals surface area contributed by atoms with E-state index in [0.29, 0.717) is 0 Å². The summed E-state index contributed by atoms with van der Waals surface area (Å²) in [6, 6.07) is 10.3. The summed E-state index contributed by atoms with van der Waals surface area (Å²) >= 11 is 0. The van der Waals surface area contributed by atoms with E-state index >= 15 is 0 Å². The average Bonchev–Trinajstić information content (AvgIpc) is 2.35. The van der Waals surface area contributed by atoms with Crippen LogP contribution in [0.5, 0.6) is 5.88 Å². The lowest BCUT2D eigenvalue weighted by molar-refractivity contribution is 0.235. The highest BCUT2D eigenvalue weighted by Crippen LogP contribution is 2.25. The van der Waals surface area contributed by atoms with Crippen LogP contribution >= 0.6 is 0 Å². The van der Waals surface area contributed by atoms with Crippen molar-refractivity contribution in [1.82, 2.24) is 10.3 Å². The van der Waals surface area contributed by atoms with Gasteiger partial charge in [-0.3, -0.25) is 0 Å². The lowest BCUT2D eigenvalue weighted by Gasteiger charge is -2.13. The average molecular weight is 244 g/mol. The molecular formula is C15H20N2O. The molecule has 0 radical (unpaired) electrons. The van der Waals surface area contributed by atoms with Crippen LogP contribution in [-0.2, 0) is 6.54 Å². The molecule has 0 aliphatic rings. The normalized spacial score (nSPS) is 11.1. The van der Waals surface area contributed by atoms with Gasteiger partial charge < -0.3 is 10.1 Å². The Bertz CT molecular complexity index is 523. The summed E-state index contributed by atoms with van der Waals surface area (Å²) in [5.74, 6) is 0.732. The molecular weight excluding hydrogens is 224 g/mol. The predicted molar refractivity (Wildman–Crippen MR) is 74.9 cm³/mol. The molecule has 1 N–H and O–H groups in total. The fourth-order valence-electron chi connectivity index (χ4n) is 1.88. The Morgan fingerprint density at radius 2 is 2.06 bits per heavy atom. The standard InChI is InChI=1S/C15H20N2O/c1-4-16-10-13-9-12-7-5-6-8-14(12)15(17-13)18-11(2)3/h5-9,11,16H,4,10H2,1-3H3. The first kappa shape index (κ1) is 12.8. The molecule has 1 aromatic heterocycles. The van der Waals surface area contributed by atoms with Crippen LogP contribution in [0.4, 0.5) is 0 Å². The van der Waals surface area contributed by atoms with Crippen molar-refractivity contribution in [3.05, 3.63) is 36.0 Å². The van der Waals surface area contributed by atoms with Gasteiger partial charge in [0.25, 0.3) is 0 Å². The largest absolute Gasteiger partial charge is 0.474 e. The number of nitrogens with zero attached hydrogens (tertiary/aromatic N) is 1. The Labute approximate surface area is 108 Å². The van der Waals surface area contributed by atoms with E-state index in [2.05, 4.69) is 35.4 Å². The van der Waals surface area contributed by atoms with Crippen molar-refractivity contribution in [1.29, 1.82) is 0 Å². The highest BCUT2D eigenvalue weighted by Gasteiger charge is 2.08. The zero-order valence-corrected chi connectivity index (χ0v) is 11.2. The molecule has 0 aliphatic heterocycles. The highest BCUT2D eigenvalue weighted by molar-refractivity contribution is 5.87. The number of pyridine rings is 1. The summed E-state index contributed by atoms with van der Waals surface area (Å²) in [6.45, 7) is 7.85. The maximum Gasteiger partial charge on any atom is 0.221 e. The summed E-state index contributed by atoms with van der Waals surface area (Å²) in [5, 5.41) is 5.54. The highest BCUT2D eigenvalue weighted by atomic mass is 16.5. The number of rotatable bonds is 5. The lowest BCUT2D eigenvalue weighted by Crippen LogP contribution is -2.14. The van der Waals surface area contributed by atoms with Gasteiger partial charge in [-0.1, -0.05) is 25.1 Å². The first-order valence-electron chi connectivity index (χ1n) is 6.46. The first-order valence-corrected chi connectivity index (χ1v) is 6.46. The first-order chi connectivity index (χ1) is 8.70. The second-order valence-electron chi connectivity index (χ2n) is 4.59. The van der Waals surface area contributed by atoms with E-state index in [-0.39, 0.29) is 6.10 Å². The molecule has 1 aromatic carbocycles. The van der Waals surface area contributed by atoms with Gasteiger partial charge in [0.2, 0.25) is 5.88 Å². The van der Waals surface area contributed by atoms with Crippen LogP contribution in [0.1, 0.15) is 26.5 Å². The van der Waals surface area contributed by atoms with Gasteiger partial charge in [-0.25, -0.2) is 4.98 Å². The number of nitrogens with one attached hydrogen (secondary N) is 1. The minimum absolute atomic E-state index is 0.135. The fourth-order valence-corrected chi connectivity index (χ4v) is 1.88. The molecule has 0 fully saturated rings. The summed E-state index contributed by atoms with van der Waals surface area (Å²) < 4.78 is 5.81. The SMILES string of the molecule is CCNCc1cc2ccccc2c(OC(C)C)n1. The maximum absolute atomic E-state index is 5.81. The van der Waals surface area contributed by atoms with Crippen LogP contribution in [0.25, 0.3) is 10.8 Å². The molecule has 18 heavy (non-hydrogen) atoms. The number of aromatic nitrogens is 1. The Morgan fingerprint density at radius 1 is 1.28 bits per heavy atom. The topological polar surface area (TPSA) is 34.1 Å². The number of hydrogen-bond donors (Lipinski definition) is 1. The van der Waals surface area contributed by atoms with Crippen molar-refractivity contribution in [3.63, 3.8) is 0 Å². The van der Waals surface area contributed by atoms with Crippen LogP contribution in [0.3, 0.4) is 0 Å². The minimum Gasteiger partial charge on any atom is -0.474 e. The van der Waals surface area contributed by atoms with Crippen molar-refractivity contribution >= 4 is 10.8 Å². The molecule has 2 rings (SSSR count). The van der Waals surface area contributed by atoms with Crippen molar-refractivity contribution in [2.75, 3.05) is 6.54 Å². The van der Waals surface area contributed by atoms with E-state index < -0.39 is 0 Å². The summed E-state index contributed by atoms with van der Waals surface area (Å²) in [4.78, 5) is 4.59. The Kier molecular flexibility index (Phi) is 4.15. The van der Waals surface area contributed by atoms with E-state index in [1.165, 1.54) is 5.39 Å². The van der Waals surface area contributed by atoms with E-state index in [1.54, 1.807) is 0 Å². The monoisotopic (exact) mass is 244 g/mol. The number of ether oxygens (including phenoxy) is 1. The van der Waals surface area contributed by atoms with Crippen LogP contribution in [-0.4, -0.2) is 17.6 Å². The predicted octanol–water partition coefficient (Wildman–Crippen LogP) is 3.13. The molecule has 1 heterocycles. The molecule has 0 unspecified atom stereocenters. The number of benzene rings is 1. The van der Waals surface area contributed by atoms with Gasteiger partial charge in [0.15, 0.2) is 0 Å². The third-order valence-electron chi connectivity index (χ3n) is 2.66. The summed E-state index contributed by atoms with van der Waals surface area (Å²) in [5.41, 5.74) is 1.02. The molecule has 0 atom stereocenters. The molecule has 3 heteroatoms. The van der Waals surface area contributed by atoms with Gasteiger partial charge in [0.1, 0.15) is 0 Å². The van der Waals surface area contributed by atoms with Crippen LogP contribution in [0, 0.1) is 0 Å². The molecule has 0 spiro atoms. The third-order valence-corrected chi connectivity index (χ3v) is 2.66. The van der Waals surface area contributed by atoms with Crippen molar-refractivity contribution < 1.29 is 4.74 Å². The van der Waals surface area contributed by atoms with E-state index in [1.807, 2.05) is 26.0 Å². The number of fused-ring (bicyclic) bond motifs is 1. The lowest BCUT2D eigenvalue weighted by atomic mass is 10.1. The van der Waals surface area contributed by atoms with Gasteiger partial charge in [0, 0.05) is 11.9 Å². The van der Waals surface area contributed by atoms with E-state index in [9.17, 15) is 0 Å². The molecule has 0 aliphatic carbocycles. The Balaban J connectivity index is 2.43. The van der Waals surface area contributed by atoms with Gasteiger partial charge in [-0.2, -0.15) is 0 Å². The van der Waals surface area contributed by atoms with Crippen LogP contribution in [0.2, 0.25) is 0 Å². The second kappa shape index (κ2) is 5.83. The molecule has 3 nitrogen and oxygen atoms in total. The minimum atomic E-state index is 0.135. The van der Waals surface area contributed by atoms with Gasteiger partial charge in [-0.15, -0.1) is 0 Å². The van der Waals surface area contributed by atoms with Crippen LogP contribution < -0.4 is 10.1 Å². The maximum atomic E-state index is 5.81. The smallest absolute Gasteiger partial charge is 0.221 e. The summed E-state index contributed by atoms with van der Waals surface area (Å²) in [7, 11) is 0. The number of hydrogen-bond acceptors (Lipinski definition) is 3. The van der Waals surface area contributed by atoms with Gasteiger partial charge in [-0.05, 0) is 37.9 Å². The van der Waals surface area contributed by atoms with Gasteiger partial charge in [0.05, 0.1) is 11.8 Å². The molecule has 0 amide bonds. The van der Waals surface area contributed by atoms with Crippen molar-refractivity contribution in [2.24, 2.45) is 0 Å². The molecule has 0 saturated heterocycles. The van der Waals surface area contributed by atoms with Gasteiger partial charge >= 0.3 is 0 Å². The quantitative estimate of drug-likeness (QED) is 0.877. The fraction of sp³-hybridized carbons (Fsp3) is 0.400. The third kappa shape index (κ3) is 2.99. The Hall–Kier alpha value is -1.61. The molecule has 0 saturated carbocycles. The zero-order valence-electron chi connectivity index (χ0n) is 11.2. The van der Waals surface area contributed by atoms with Crippen molar-refractivity contribution in [2.45, 2.75) is 33.4 Å². The summed E-state index contributed by atoms with van der Waals surface area (Å²) in [6.07, 6.45) is 0.135. The molecule has 2 aromatic rings. The van der Waals surface area contributed by atoms with Crippen molar-refractivity contribution in [3.8, 4) is 5.88 Å². The van der Waals surface area contributed by atoms with E-state index in [0.717, 1.165) is 30.0 Å². The second-order valence-corrected chi connectivity index (χ2v) is 4.59. The van der Waals surface area contributed by atoms with Crippen LogP contribution in [0.15, 0.2) is 30.3 Å². The Morgan fingerprint density at radius 3 is 2.78 bits per heavy atom. The molecule has 96 valence electrons.